The summed E-state index contributed by atoms with van der Waals surface area (Å²) in [5, 5.41) is 19.7. The van der Waals surface area contributed by atoms with Crippen LogP contribution in [0.4, 0.5) is 28.8 Å². The number of aromatic nitrogens is 3. The molecule has 0 atom stereocenters. The molecule has 1 fully saturated rings. The number of carboxylic acids is 1. The molecule has 0 aliphatic carbocycles. The first kappa shape index (κ1) is 43.0. The van der Waals surface area contributed by atoms with Gasteiger partial charge < -0.3 is 39.8 Å². The van der Waals surface area contributed by atoms with Gasteiger partial charge in [0.1, 0.15) is 23.0 Å². The van der Waals surface area contributed by atoms with E-state index in [9.17, 15) is 14.7 Å². The zero-order valence-electron chi connectivity index (χ0n) is 34.3. The normalized spacial score (nSPS) is 14.5. The topological polar surface area (TPSA) is 143 Å². The van der Waals surface area contributed by atoms with Gasteiger partial charge in [-0.05, 0) is 83.4 Å². The maximum Gasteiger partial charge on any atom is 0.336 e. The van der Waals surface area contributed by atoms with Crippen LogP contribution in [0.5, 0.6) is 0 Å². The molecule has 64 heavy (non-hydrogen) atoms. The van der Waals surface area contributed by atoms with E-state index >= 15 is 0 Å². The quantitative estimate of drug-likeness (QED) is 0.133. The van der Waals surface area contributed by atoms with E-state index in [4.69, 9.17) is 50.8 Å². The second-order valence-corrected chi connectivity index (χ2v) is 17.1. The van der Waals surface area contributed by atoms with Crippen LogP contribution in [0, 0.1) is 0 Å². The number of nitrogens with zero attached hydrogens (tertiary/aromatic N) is 7. The molecule has 13 nitrogen and oxygen atoms in total. The number of nitrogens with one attached hydrogen (secondary N) is 2. The number of carboxylic acid groups (broad SMARTS) is 1. The van der Waals surface area contributed by atoms with Crippen LogP contribution in [-0.2, 0) is 13.1 Å². The molecule has 4 aromatic heterocycles. The van der Waals surface area contributed by atoms with E-state index in [1.165, 1.54) is 0 Å². The number of fused-ring (bicyclic) bond motifs is 3. The Hall–Kier alpha value is -6.25. The molecule has 3 aliphatic heterocycles. The minimum atomic E-state index is -0.964. The van der Waals surface area contributed by atoms with Crippen molar-refractivity contribution in [2.75, 3.05) is 77.7 Å². The van der Waals surface area contributed by atoms with E-state index in [0.29, 0.717) is 70.5 Å². The van der Waals surface area contributed by atoms with Gasteiger partial charge in [0.15, 0.2) is 0 Å². The first-order chi connectivity index (χ1) is 31.1. The number of benzene rings is 3. The average molecular weight is 938 g/mol. The Bertz CT molecular complexity index is 2870. The molecule has 17 heteroatoms. The van der Waals surface area contributed by atoms with Crippen molar-refractivity contribution >= 4 is 98.1 Å². The fourth-order valence-electron chi connectivity index (χ4n) is 8.21. The summed E-state index contributed by atoms with van der Waals surface area (Å²) in [5.41, 5.74) is 6.68. The molecule has 0 radical (unpaired) electrons. The number of halogens is 4. The molecule has 0 spiro atoms. The van der Waals surface area contributed by atoms with Crippen molar-refractivity contribution in [3.63, 3.8) is 0 Å². The Balaban J connectivity index is 0.000000167. The first-order valence-corrected chi connectivity index (χ1v) is 22.2. The van der Waals surface area contributed by atoms with Gasteiger partial charge in [-0.15, -0.1) is 0 Å². The van der Waals surface area contributed by atoms with Crippen molar-refractivity contribution in [3.05, 3.63) is 152 Å². The molecule has 3 aliphatic rings. The number of hydrogen-bond acceptors (Lipinski definition) is 11. The van der Waals surface area contributed by atoms with Gasteiger partial charge in [0, 0.05) is 110 Å². The van der Waals surface area contributed by atoms with Gasteiger partial charge in [-0.2, -0.15) is 0 Å². The van der Waals surface area contributed by atoms with Gasteiger partial charge in [0.05, 0.1) is 34.2 Å². The number of carbonyl (C=O) groups is 2. The molecule has 1 amide bonds. The summed E-state index contributed by atoms with van der Waals surface area (Å²) in [6.45, 7) is 6.80. The lowest BCUT2D eigenvalue weighted by molar-refractivity contribution is 0.0696. The van der Waals surface area contributed by atoms with E-state index in [1.54, 1.807) is 61.3 Å². The lowest BCUT2D eigenvalue weighted by Crippen LogP contribution is -2.49. The number of anilines is 5. The third-order valence-electron chi connectivity index (χ3n) is 11.4. The summed E-state index contributed by atoms with van der Waals surface area (Å²) in [4.78, 5) is 47.1. The summed E-state index contributed by atoms with van der Waals surface area (Å²) in [7, 11) is 0. The second kappa shape index (κ2) is 18.8. The van der Waals surface area contributed by atoms with Crippen molar-refractivity contribution in [1.29, 1.82) is 0 Å². The van der Waals surface area contributed by atoms with Crippen molar-refractivity contribution in [3.8, 4) is 11.1 Å². The molecule has 0 saturated carbocycles. The summed E-state index contributed by atoms with van der Waals surface area (Å²) < 4.78 is 5.51. The van der Waals surface area contributed by atoms with Gasteiger partial charge in [-0.3, -0.25) is 4.79 Å². The Morgan fingerprint density at radius 2 is 1.31 bits per heavy atom. The highest BCUT2D eigenvalue weighted by Gasteiger charge is 2.27. The molecule has 0 bridgehead atoms. The highest BCUT2D eigenvalue weighted by molar-refractivity contribution is 6.34. The zero-order valence-corrected chi connectivity index (χ0v) is 37.3. The molecular formula is C47H41Cl4N9O4. The molecular weight excluding hydrogens is 896 g/mol. The Kier molecular flexibility index (Phi) is 12.7. The molecule has 7 heterocycles. The summed E-state index contributed by atoms with van der Waals surface area (Å²) in [5.74, 6) is 1.44. The number of rotatable bonds is 8. The molecule has 1 saturated heterocycles. The van der Waals surface area contributed by atoms with E-state index < -0.39 is 5.97 Å². The van der Waals surface area contributed by atoms with Crippen LogP contribution in [0.2, 0.25) is 20.1 Å². The van der Waals surface area contributed by atoms with Gasteiger partial charge in [-0.1, -0.05) is 64.6 Å². The van der Waals surface area contributed by atoms with Gasteiger partial charge in [-0.25, -0.2) is 19.7 Å². The molecule has 10 rings (SSSR count). The molecule has 3 N–H and O–H groups in total. The fourth-order valence-corrected chi connectivity index (χ4v) is 8.95. The second-order valence-electron chi connectivity index (χ2n) is 15.4. The average Bonchev–Trinajstić information content (AvgIpc) is 3.81. The standard InChI is InChI=1S/C26H24Cl2N6O2.C21H17Cl2N3O2/c27-19-1-2-21(28)18(13-19)16-34-7-6-29-24-22(34)14-17(15-31-24)26(35)33-10-8-32(9-11-33)25-20-4-12-36-23(20)3-5-30-25;22-15-5-6-18(23)14(9-15)12-26-8-7-24-20-19(26)10-13(11-25-20)16-3-1-2-4-17(16)21(27)28/h1-5,12-15H,6-11,16H2,(H,29,31);1-6,9-11H,7-8,12H2,(H,24,25)(H,27,28). The van der Waals surface area contributed by atoms with Crippen molar-refractivity contribution < 1.29 is 19.1 Å². The first-order valence-electron chi connectivity index (χ1n) is 20.6. The summed E-state index contributed by atoms with van der Waals surface area (Å²) in [6, 6.07) is 25.5. The highest BCUT2D eigenvalue weighted by Crippen LogP contribution is 2.36. The maximum atomic E-state index is 13.4. The van der Waals surface area contributed by atoms with Crippen LogP contribution < -0.4 is 25.3 Å². The maximum absolute atomic E-state index is 13.4. The number of piperazine rings is 1. The number of hydrogen-bond donors (Lipinski definition) is 3. The zero-order chi connectivity index (χ0) is 44.3. The van der Waals surface area contributed by atoms with Crippen LogP contribution in [0.25, 0.3) is 22.1 Å². The van der Waals surface area contributed by atoms with Crippen LogP contribution in [0.15, 0.2) is 114 Å². The Labute approximate surface area is 389 Å². The highest BCUT2D eigenvalue weighted by atomic mass is 35.5. The van der Waals surface area contributed by atoms with E-state index in [0.717, 1.165) is 82.7 Å². The van der Waals surface area contributed by atoms with Crippen LogP contribution >= 0.6 is 46.4 Å². The third-order valence-corrected chi connectivity index (χ3v) is 12.7. The SMILES string of the molecule is O=C(O)c1ccccc1-c1cnc2c(c1)N(Cc1cc(Cl)ccc1Cl)CCN2.O=C(c1cnc2c(c1)N(Cc1cc(Cl)ccc1Cl)CCN2)N1CCN(c2nccc3occc23)CC1. The smallest absolute Gasteiger partial charge is 0.336 e. The predicted molar refractivity (Wildman–Crippen MR) is 255 cm³/mol. The van der Waals surface area contributed by atoms with Gasteiger partial charge in [0.25, 0.3) is 5.91 Å². The van der Waals surface area contributed by atoms with E-state index in [1.807, 2.05) is 53.4 Å². The largest absolute Gasteiger partial charge is 0.478 e. The molecule has 326 valence electrons. The molecule has 7 aromatic rings. The number of furan rings is 1. The Morgan fingerprint density at radius 1 is 0.688 bits per heavy atom. The van der Waals surface area contributed by atoms with E-state index in [2.05, 4.69) is 40.3 Å². The van der Waals surface area contributed by atoms with Crippen LogP contribution in [0.1, 0.15) is 31.8 Å². The van der Waals surface area contributed by atoms with Gasteiger partial charge >= 0.3 is 5.97 Å². The molecule has 3 aromatic carbocycles. The van der Waals surface area contributed by atoms with Crippen LogP contribution in [-0.4, -0.2) is 89.2 Å². The third kappa shape index (κ3) is 9.20. The summed E-state index contributed by atoms with van der Waals surface area (Å²) in [6.07, 6.45) is 6.79. The van der Waals surface area contributed by atoms with E-state index in [-0.39, 0.29) is 11.5 Å². The van der Waals surface area contributed by atoms with Gasteiger partial charge in [0.2, 0.25) is 0 Å². The number of aromatic carboxylic acids is 1. The monoisotopic (exact) mass is 935 g/mol. The van der Waals surface area contributed by atoms with Crippen LogP contribution in [0.3, 0.4) is 0 Å². The number of carbonyl (C=O) groups excluding carboxylic acids is 1. The van der Waals surface area contributed by atoms with Crippen molar-refractivity contribution in [2.45, 2.75) is 13.1 Å². The lowest BCUT2D eigenvalue weighted by atomic mass is 10.0. The fraction of sp³-hybridized carbons (Fsp3) is 0.213. The lowest BCUT2D eigenvalue weighted by Gasteiger charge is -2.36. The number of pyridine rings is 3. The number of amides is 1. The predicted octanol–water partition coefficient (Wildman–Crippen LogP) is 10.1. The van der Waals surface area contributed by atoms with Crippen molar-refractivity contribution in [2.24, 2.45) is 0 Å². The Morgan fingerprint density at radius 3 is 1.97 bits per heavy atom. The van der Waals surface area contributed by atoms with Crippen molar-refractivity contribution in [1.82, 2.24) is 19.9 Å². The minimum absolute atomic E-state index is 0.0225. The summed E-state index contributed by atoms with van der Waals surface area (Å²) >= 11 is 25.1. The minimum Gasteiger partial charge on any atom is -0.478 e. The molecule has 0 unspecified atom stereocenters.